The monoisotopic (exact) mass is 382 g/mol. The Morgan fingerprint density at radius 2 is 1.89 bits per heavy atom. The first-order chi connectivity index (χ1) is 13.6. The molecule has 1 unspecified atom stereocenters. The molecule has 0 radical (unpaired) electrons. The van der Waals surface area contributed by atoms with Crippen molar-refractivity contribution in [2.24, 2.45) is 0 Å². The van der Waals surface area contributed by atoms with Gasteiger partial charge in [0, 0.05) is 24.0 Å². The molecule has 2 aromatic heterocycles. The molecule has 0 saturated carbocycles. The Hall–Kier alpha value is -3.09. The summed E-state index contributed by atoms with van der Waals surface area (Å²) in [5.74, 6) is -1.96. The summed E-state index contributed by atoms with van der Waals surface area (Å²) in [6.07, 6.45) is 3.70. The molecule has 0 spiro atoms. The first-order valence-corrected chi connectivity index (χ1v) is 9.20. The van der Waals surface area contributed by atoms with Gasteiger partial charge < -0.3 is 4.57 Å². The minimum absolute atomic E-state index is 0.0190. The predicted octanol–water partition coefficient (Wildman–Crippen LogP) is 4.43. The third kappa shape index (κ3) is 2.78. The molecule has 0 saturated heterocycles. The largest absolute Gasteiger partial charge is 0.340 e. The Kier molecular flexibility index (Phi) is 3.96. The number of benzene rings is 2. The number of halogens is 3. The normalized spacial score (nSPS) is 16.5. The first-order valence-electron chi connectivity index (χ1n) is 9.20. The highest BCUT2D eigenvalue weighted by Gasteiger charge is 2.25. The molecule has 0 bridgehead atoms. The van der Waals surface area contributed by atoms with Crippen LogP contribution in [0.25, 0.3) is 10.9 Å². The van der Waals surface area contributed by atoms with Crippen molar-refractivity contribution >= 4 is 10.9 Å². The van der Waals surface area contributed by atoms with Crippen LogP contribution in [0.3, 0.4) is 0 Å². The minimum Gasteiger partial charge on any atom is -0.340 e. The van der Waals surface area contributed by atoms with Crippen molar-refractivity contribution in [3.8, 4) is 0 Å². The van der Waals surface area contributed by atoms with E-state index in [9.17, 15) is 13.2 Å². The fourth-order valence-corrected chi connectivity index (χ4v) is 4.12. The van der Waals surface area contributed by atoms with Crippen molar-refractivity contribution in [2.75, 3.05) is 0 Å². The molecule has 7 heteroatoms. The van der Waals surface area contributed by atoms with Gasteiger partial charge in [-0.15, -0.1) is 5.10 Å². The molecule has 3 heterocycles. The van der Waals surface area contributed by atoms with Crippen molar-refractivity contribution < 1.29 is 13.2 Å². The summed E-state index contributed by atoms with van der Waals surface area (Å²) < 4.78 is 44.9. The van der Waals surface area contributed by atoms with Crippen LogP contribution in [0.1, 0.15) is 29.4 Å². The Morgan fingerprint density at radius 3 is 2.75 bits per heavy atom. The Labute approximate surface area is 159 Å². The number of aryl methyl sites for hydroxylation is 1. The average Bonchev–Trinajstić information content (AvgIpc) is 3.29. The van der Waals surface area contributed by atoms with Gasteiger partial charge in [0.05, 0.1) is 23.4 Å². The zero-order chi connectivity index (χ0) is 19.3. The summed E-state index contributed by atoms with van der Waals surface area (Å²) in [6.45, 7) is 0.591. The van der Waals surface area contributed by atoms with Crippen LogP contribution >= 0.6 is 0 Å². The van der Waals surface area contributed by atoms with Crippen LogP contribution in [0.15, 0.2) is 48.7 Å². The molecule has 5 rings (SSSR count). The summed E-state index contributed by atoms with van der Waals surface area (Å²) in [5, 5.41) is 9.15. The molecule has 142 valence electrons. The molecular weight excluding hydrogens is 365 g/mol. The van der Waals surface area contributed by atoms with Crippen molar-refractivity contribution in [1.29, 1.82) is 0 Å². The zero-order valence-electron chi connectivity index (χ0n) is 14.9. The van der Waals surface area contributed by atoms with E-state index >= 15 is 0 Å². The average molecular weight is 382 g/mol. The molecule has 1 aliphatic heterocycles. The second-order valence-electron chi connectivity index (χ2n) is 7.21. The Balaban J connectivity index is 1.46. The summed E-state index contributed by atoms with van der Waals surface area (Å²) in [5.41, 5.74) is 3.19. The van der Waals surface area contributed by atoms with E-state index in [1.54, 1.807) is 18.3 Å². The van der Waals surface area contributed by atoms with E-state index in [1.807, 2.05) is 21.4 Å². The van der Waals surface area contributed by atoms with Gasteiger partial charge in [-0.2, -0.15) is 0 Å². The number of hydrogen-bond donors (Lipinski definition) is 0. The lowest BCUT2D eigenvalue weighted by Gasteiger charge is -2.26. The highest BCUT2D eigenvalue weighted by molar-refractivity contribution is 5.82. The quantitative estimate of drug-likeness (QED) is 0.526. The lowest BCUT2D eigenvalue weighted by molar-refractivity contribution is 0.329. The molecule has 0 fully saturated rings. The maximum atomic E-state index is 14.4. The van der Waals surface area contributed by atoms with Gasteiger partial charge in [0.2, 0.25) is 0 Å². The van der Waals surface area contributed by atoms with Gasteiger partial charge in [0.25, 0.3) is 0 Å². The van der Waals surface area contributed by atoms with Gasteiger partial charge >= 0.3 is 0 Å². The molecule has 4 aromatic rings. The molecule has 1 atom stereocenters. The van der Waals surface area contributed by atoms with Crippen LogP contribution in [0.4, 0.5) is 13.2 Å². The molecular formula is C21H17F3N4. The predicted molar refractivity (Wildman–Crippen MR) is 98.4 cm³/mol. The number of aromatic nitrogens is 4. The summed E-state index contributed by atoms with van der Waals surface area (Å²) in [4.78, 5) is 0. The number of nitrogens with zero attached hydrogens (tertiary/aromatic N) is 4. The molecule has 0 amide bonds. The van der Waals surface area contributed by atoms with Crippen molar-refractivity contribution in [3.63, 3.8) is 0 Å². The van der Waals surface area contributed by atoms with Crippen molar-refractivity contribution in [1.82, 2.24) is 19.6 Å². The number of hydrogen-bond acceptors (Lipinski definition) is 2. The van der Waals surface area contributed by atoms with Crippen molar-refractivity contribution in [3.05, 3.63) is 83.1 Å². The van der Waals surface area contributed by atoms with E-state index in [2.05, 4.69) is 10.3 Å². The molecule has 2 aromatic carbocycles. The second-order valence-corrected chi connectivity index (χ2v) is 7.21. The minimum atomic E-state index is -0.867. The lowest BCUT2D eigenvalue weighted by Crippen LogP contribution is -2.25. The summed E-state index contributed by atoms with van der Waals surface area (Å²) in [7, 11) is 0. The third-order valence-electron chi connectivity index (χ3n) is 5.45. The summed E-state index contributed by atoms with van der Waals surface area (Å²) >= 11 is 0. The summed E-state index contributed by atoms with van der Waals surface area (Å²) in [6, 6.07) is 11.1. The van der Waals surface area contributed by atoms with E-state index in [0.29, 0.717) is 24.0 Å². The van der Waals surface area contributed by atoms with Crippen LogP contribution in [-0.4, -0.2) is 19.6 Å². The van der Waals surface area contributed by atoms with Crippen molar-refractivity contribution in [2.45, 2.75) is 31.8 Å². The van der Waals surface area contributed by atoms with E-state index in [4.69, 9.17) is 0 Å². The highest BCUT2D eigenvalue weighted by atomic mass is 19.2. The first kappa shape index (κ1) is 17.0. The SMILES string of the molecule is Fc1ccc(Cc2cnnn2C2CCc3cc4cccc(F)c4n3C2)cc1F. The molecule has 4 nitrogen and oxygen atoms in total. The van der Waals surface area contributed by atoms with Crippen LogP contribution in [0.5, 0.6) is 0 Å². The fourth-order valence-electron chi connectivity index (χ4n) is 4.12. The maximum absolute atomic E-state index is 14.4. The zero-order valence-corrected chi connectivity index (χ0v) is 14.9. The van der Waals surface area contributed by atoms with Gasteiger partial charge in [-0.25, -0.2) is 17.9 Å². The van der Waals surface area contributed by atoms with Gasteiger partial charge in [-0.1, -0.05) is 23.4 Å². The van der Waals surface area contributed by atoms with Crippen LogP contribution < -0.4 is 0 Å². The number of rotatable bonds is 3. The second kappa shape index (κ2) is 6.51. The highest BCUT2D eigenvalue weighted by Crippen LogP contribution is 2.32. The van der Waals surface area contributed by atoms with Gasteiger partial charge in [-0.05, 0) is 42.7 Å². The lowest BCUT2D eigenvalue weighted by atomic mass is 10.0. The Bertz CT molecular complexity index is 1180. The van der Waals surface area contributed by atoms with Crippen LogP contribution in [0, 0.1) is 17.5 Å². The molecule has 0 aliphatic carbocycles. The van der Waals surface area contributed by atoms with E-state index < -0.39 is 11.6 Å². The molecule has 28 heavy (non-hydrogen) atoms. The van der Waals surface area contributed by atoms with E-state index in [0.717, 1.165) is 35.7 Å². The van der Waals surface area contributed by atoms with Crippen LogP contribution in [0.2, 0.25) is 0 Å². The van der Waals surface area contributed by atoms with Gasteiger partial charge in [0.15, 0.2) is 11.6 Å². The Morgan fingerprint density at radius 1 is 1.00 bits per heavy atom. The van der Waals surface area contributed by atoms with Gasteiger partial charge in [-0.3, -0.25) is 0 Å². The standard InChI is InChI=1S/C21H17F3N4/c22-18-7-4-13(9-20(18)24)8-17-11-25-26-28(17)16-6-5-15-10-14-2-1-3-19(23)21(14)27(15)12-16/h1-4,7,9-11,16H,5-6,8,12H2. The van der Waals surface area contributed by atoms with Gasteiger partial charge in [0.1, 0.15) is 5.82 Å². The maximum Gasteiger partial charge on any atom is 0.159 e. The molecule has 1 aliphatic rings. The van der Waals surface area contributed by atoms with Crippen LogP contribution in [-0.2, 0) is 19.4 Å². The van der Waals surface area contributed by atoms with E-state index in [-0.39, 0.29) is 11.9 Å². The topological polar surface area (TPSA) is 35.6 Å². The molecule has 0 N–H and O–H groups in total. The number of para-hydroxylation sites is 1. The van der Waals surface area contributed by atoms with E-state index in [1.165, 1.54) is 12.1 Å². The number of fused-ring (bicyclic) bond motifs is 3. The fraction of sp³-hybridized carbons (Fsp3) is 0.238. The smallest absolute Gasteiger partial charge is 0.159 e. The third-order valence-corrected chi connectivity index (χ3v) is 5.45.